The Morgan fingerprint density at radius 3 is 2.43 bits per heavy atom. The lowest BCUT2D eigenvalue weighted by atomic mass is 9.99. The number of nitrogens with one attached hydrogen (secondary N) is 1. The minimum Gasteiger partial charge on any atom is -0.368 e. The number of hydrogen-bond donors (Lipinski definition) is 2. The number of primary amides is 1. The average molecular weight is 395 g/mol. The van der Waals surface area contributed by atoms with Crippen LogP contribution in [0.3, 0.4) is 0 Å². The number of nitrogens with zero attached hydrogens (tertiary/aromatic N) is 1. The molecule has 2 aromatic rings. The van der Waals surface area contributed by atoms with Gasteiger partial charge in [0.1, 0.15) is 6.04 Å². The van der Waals surface area contributed by atoms with Crippen LogP contribution >= 0.6 is 0 Å². The van der Waals surface area contributed by atoms with E-state index >= 15 is 0 Å². The number of nitro benzene ring substituents is 1. The minimum absolute atomic E-state index is 0.186. The zero-order chi connectivity index (χ0) is 20.9. The van der Waals surface area contributed by atoms with E-state index in [-0.39, 0.29) is 17.7 Å². The molecule has 2 rings (SSSR count). The Morgan fingerprint density at radius 1 is 1.14 bits per heavy atom. The molecule has 0 aliphatic rings. The molecule has 0 radical (unpaired) electrons. The molecule has 0 bridgehead atoms. The van der Waals surface area contributed by atoms with E-state index < -0.39 is 40.9 Å². The van der Waals surface area contributed by atoms with Crippen LogP contribution in [-0.4, -0.2) is 22.8 Å². The Morgan fingerprint density at radius 2 is 1.82 bits per heavy atom. The van der Waals surface area contributed by atoms with Gasteiger partial charge in [0.2, 0.25) is 11.8 Å². The number of alkyl halides is 3. The smallest absolute Gasteiger partial charge is 0.368 e. The van der Waals surface area contributed by atoms with Gasteiger partial charge in [-0.1, -0.05) is 30.3 Å². The molecule has 148 valence electrons. The predicted molar refractivity (Wildman–Crippen MR) is 93.1 cm³/mol. The lowest BCUT2D eigenvalue weighted by Crippen LogP contribution is -2.46. The Balaban J connectivity index is 2.14. The summed E-state index contributed by atoms with van der Waals surface area (Å²) in [5.41, 5.74) is 4.22. The number of non-ortho nitro benzene ring substituents is 1. The summed E-state index contributed by atoms with van der Waals surface area (Å²) in [5, 5.41) is 13.1. The van der Waals surface area contributed by atoms with Gasteiger partial charge in [0.25, 0.3) is 5.69 Å². The van der Waals surface area contributed by atoms with Crippen molar-refractivity contribution in [2.45, 2.75) is 25.1 Å². The molecule has 0 spiro atoms. The van der Waals surface area contributed by atoms with E-state index in [1.165, 1.54) is 42.5 Å². The normalized spacial score (nSPS) is 12.2. The van der Waals surface area contributed by atoms with E-state index in [1.807, 2.05) is 0 Å². The Bertz CT molecular complexity index is 900. The third-order valence-electron chi connectivity index (χ3n) is 3.91. The molecule has 3 N–H and O–H groups in total. The van der Waals surface area contributed by atoms with Gasteiger partial charge in [0.15, 0.2) is 0 Å². The van der Waals surface area contributed by atoms with E-state index in [1.54, 1.807) is 0 Å². The highest BCUT2D eigenvalue weighted by molar-refractivity contribution is 5.87. The second-order valence-electron chi connectivity index (χ2n) is 5.99. The van der Waals surface area contributed by atoms with Crippen LogP contribution in [-0.2, 0) is 28.6 Å². The van der Waals surface area contributed by atoms with E-state index in [9.17, 15) is 32.9 Å². The summed E-state index contributed by atoms with van der Waals surface area (Å²) in [6.07, 6.45) is -5.36. The van der Waals surface area contributed by atoms with Crippen molar-refractivity contribution >= 4 is 17.5 Å². The maximum absolute atomic E-state index is 13.1. The van der Waals surface area contributed by atoms with Gasteiger partial charge in [-0.15, -0.1) is 0 Å². The Labute approximate surface area is 157 Å². The van der Waals surface area contributed by atoms with Crippen LogP contribution in [0.1, 0.15) is 16.7 Å². The lowest BCUT2D eigenvalue weighted by molar-refractivity contribution is -0.384. The van der Waals surface area contributed by atoms with Gasteiger partial charge < -0.3 is 11.1 Å². The highest BCUT2D eigenvalue weighted by Crippen LogP contribution is 2.32. The van der Waals surface area contributed by atoms with Gasteiger partial charge in [0, 0.05) is 18.6 Å². The molecule has 0 aliphatic carbocycles. The molecule has 0 aliphatic heterocycles. The molecule has 0 aromatic heterocycles. The van der Waals surface area contributed by atoms with E-state index in [4.69, 9.17) is 5.73 Å². The summed E-state index contributed by atoms with van der Waals surface area (Å²) in [7, 11) is 0. The first kappa shape index (κ1) is 20.9. The molecular weight excluding hydrogens is 379 g/mol. The Hall–Kier alpha value is -3.43. The molecule has 0 unspecified atom stereocenters. The Kier molecular flexibility index (Phi) is 6.34. The second-order valence-corrected chi connectivity index (χ2v) is 5.99. The number of halogens is 3. The number of carbonyl (C=O) groups is 2. The number of hydrogen-bond acceptors (Lipinski definition) is 4. The molecule has 1 atom stereocenters. The molecule has 0 fully saturated rings. The second kappa shape index (κ2) is 8.51. The first-order valence-corrected chi connectivity index (χ1v) is 8.05. The fourth-order valence-corrected chi connectivity index (χ4v) is 2.63. The molecule has 0 saturated carbocycles. The first-order valence-electron chi connectivity index (χ1n) is 8.05. The summed E-state index contributed by atoms with van der Waals surface area (Å²) in [6, 6.07) is 8.62. The van der Waals surface area contributed by atoms with Crippen LogP contribution in [0.15, 0.2) is 48.5 Å². The SMILES string of the molecule is NC(=O)[C@H](Cc1ccccc1C(F)(F)F)NC(=O)Cc1cccc([N+](=O)[O-])c1. The third-order valence-corrected chi connectivity index (χ3v) is 3.91. The quantitative estimate of drug-likeness (QED) is 0.553. The van der Waals surface area contributed by atoms with Crippen molar-refractivity contribution in [3.8, 4) is 0 Å². The van der Waals surface area contributed by atoms with Crippen molar-refractivity contribution < 1.29 is 27.7 Å². The van der Waals surface area contributed by atoms with Gasteiger partial charge in [-0.25, -0.2) is 0 Å². The fourth-order valence-electron chi connectivity index (χ4n) is 2.63. The zero-order valence-corrected chi connectivity index (χ0v) is 14.4. The highest BCUT2D eigenvalue weighted by Gasteiger charge is 2.34. The van der Waals surface area contributed by atoms with Crippen LogP contribution in [0.25, 0.3) is 0 Å². The average Bonchev–Trinajstić information content (AvgIpc) is 2.60. The summed E-state index contributed by atoms with van der Waals surface area (Å²) < 4.78 is 39.3. The van der Waals surface area contributed by atoms with Crippen LogP contribution in [0.2, 0.25) is 0 Å². The maximum Gasteiger partial charge on any atom is 0.416 e. The fraction of sp³-hybridized carbons (Fsp3) is 0.222. The van der Waals surface area contributed by atoms with Crippen molar-refractivity contribution in [3.63, 3.8) is 0 Å². The molecule has 2 aromatic carbocycles. The van der Waals surface area contributed by atoms with Gasteiger partial charge in [0.05, 0.1) is 16.9 Å². The van der Waals surface area contributed by atoms with Crippen LogP contribution in [0.4, 0.5) is 18.9 Å². The molecule has 7 nitrogen and oxygen atoms in total. The molecule has 0 heterocycles. The van der Waals surface area contributed by atoms with Gasteiger partial charge in [-0.05, 0) is 17.2 Å². The zero-order valence-electron chi connectivity index (χ0n) is 14.4. The summed E-state index contributed by atoms with van der Waals surface area (Å²) >= 11 is 0. The van der Waals surface area contributed by atoms with Crippen molar-refractivity contribution in [2.24, 2.45) is 5.73 Å². The van der Waals surface area contributed by atoms with Gasteiger partial charge in [-0.2, -0.15) is 13.2 Å². The minimum atomic E-state index is -4.62. The summed E-state index contributed by atoms with van der Waals surface area (Å²) in [5.74, 6) is -1.70. The molecule has 0 saturated heterocycles. The molecular formula is C18H16F3N3O4. The van der Waals surface area contributed by atoms with E-state index in [2.05, 4.69) is 5.32 Å². The van der Waals surface area contributed by atoms with Crippen molar-refractivity contribution in [1.82, 2.24) is 5.32 Å². The number of amides is 2. The summed E-state index contributed by atoms with van der Waals surface area (Å²) in [6.45, 7) is 0. The predicted octanol–water partition coefficient (Wildman–Crippen LogP) is 2.37. The van der Waals surface area contributed by atoms with Crippen LogP contribution < -0.4 is 11.1 Å². The molecule has 2 amide bonds. The maximum atomic E-state index is 13.1. The van der Waals surface area contributed by atoms with Crippen molar-refractivity contribution in [2.75, 3.05) is 0 Å². The van der Waals surface area contributed by atoms with Crippen molar-refractivity contribution in [3.05, 3.63) is 75.3 Å². The third kappa shape index (κ3) is 5.53. The highest BCUT2D eigenvalue weighted by atomic mass is 19.4. The number of carbonyl (C=O) groups excluding carboxylic acids is 2. The standard InChI is InChI=1S/C18H16F3N3O4/c19-18(20,21)14-7-2-1-5-12(14)10-15(17(22)26)23-16(25)9-11-4-3-6-13(8-11)24(27)28/h1-8,15H,9-10H2,(H2,22,26)(H,23,25)/t15-/m0/s1. The number of rotatable bonds is 7. The van der Waals surface area contributed by atoms with E-state index in [0.29, 0.717) is 5.56 Å². The molecule has 28 heavy (non-hydrogen) atoms. The van der Waals surface area contributed by atoms with Crippen molar-refractivity contribution in [1.29, 1.82) is 0 Å². The molecule has 10 heteroatoms. The number of nitrogens with two attached hydrogens (primary N) is 1. The van der Waals surface area contributed by atoms with Gasteiger partial charge in [-0.3, -0.25) is 19.7 Å². The van der Waals surface area contributed by atoms with Crippen LogP contribution in [0.5, 0.6) is 0 Å². The largest absolute Gasteiger partial charge is 0.416 e. The van der Waals surface area contributed by atoms with E-state index in [0.717, 1.165) is 6.07 Å². The topological polar surface area (TPSA) is 115 Å². The summed E-state index contributed by atoms with van der Waals surface area (Å²) in [4.78, 5) is 34.0. The van der Waals surface area contributed by atoms with Crippen LogP contribution in [0, 0.1) is 10.1 Å². The van der Waals surface area contributed by atoms with Gasteiger partial charge >= 0.3 is 6.18 Å². The monoisotopic (exact) mass is 395 g/mol. The number of nitro groups is 1. The number of benzene rings is 2. The lowest BCUT2D eigenvalue weighted by Gasteiger charge is -2.18. The first-order chi connectivity index (χ1) is 13.1.